The Morgan fingerprint density at radius 1 is 1.10 bits per heavy atom. The van der Waals surface area contributed by atoms with Gasteiger partial charge in [0.1, 0.15) is 6.54 Å². The number of esters is 1. The molecule has 0 spiro atoms. The van der Waals surface area contributed by atoms with Gasteiger partial charge in [0, 0.05) is 25.7 Å². The number of quaternary nitrogens is 1. The lowest BCUT2D eigenvalue weighted by Gasteiger charge is -2.52. The van der Waals surface area contributed by atoms with E-state index in [9.17, 15) is 4.79 Å². The Kier molecular flexibility index (Phi) is 5.88. The maximum Gasteiger partial charge on any atom is 0.303 e. The predicted octanol–water partition coefficient (Wildman–Crippen LogP) is 3.52. The van der Waals surface area contributed by atoms with E-state index in [0.29, 0.717) is 5.92 Å². The monoisotopic (exact) mass is 282 g/mol. The van der Waals surface area contributed by atoms with Crippen molar-refractivity contribution in [2.24, 2.45) is 5.92 Å². The standard InChI is InChI=1S/C17H32NO2/c1-3-4-5-6-7-8-11-18-12-9-16(10-13-18)17(14-18)20-15(2)19/h16-17H,3-14H2,1-2H3/q+1/t16?,17-,18?/m0/s1. The molecule has 0 unspecified atom stereocenters. The first kappa shape index (κ1) is 15.8. The van der Waals surface area contributed by atoms with Crippen molar-refractivity contribution >= 4 is 5.97 Å². The molecule has 0 aliphatic carbocycles. The van der Waals surface area contributed by atoms with Gasteiger partial charge < -0.3 is 9.22 Å². The molecule has 0 aromatic heterocycles. The molecule has 0 radical (unpaired) electrons. The molecule has 1 atom stereocenters. The molecule has 3 heteroatoms. The van der Waals surface area contributed by atoms with Crippen molar-refractivity contribution in [3.8, 4) is 0 Å². The maximum absolute atomic E-state index is 11.2. The summed E-state index contributed by atoms with van der Waals surface area (Å²) < 4.78 is 6.78. The molecule has 116 valence electrons. The third-order valence-electron chi connectivity index (χ3n) is 5.34. The van der Waals surface area contributed by atoms with Crippen LogP contribution in [0.1, 0.15) is 65.2 Å². The van der Waals surface area contributed by atoms with Gasteiger partial charge in [-0.15, -0.1) is 0 Å². The van der Waals surface area contributed by atoms with Gasteiger partial charge in [0.25, 0.3) is 0 Å². The molecule has 3 nitrogen and oxygen atoms in total. The Morgan fingerprint density at radius 3 is 2.40 bits per heavy atom. The molecular weight excluding hydrogens is 250 g/mol. The highest BCUT2D eigenvalue weighted by Gasteiger charge is 2.46. The predicted molar refractivity (Wildman–Crippen MR) is 81.4 cm³/mol. The number of hydrogen-bond acceptors (Lipinski definition) is 2. The van der Waals surface area contributed by atoms with Crippen LogP contribution in [0.25, 0.3) is 0 Å². The Morgan fingerprint density at radius 2 is 1.75 bits per heavy atom. The topological polar surface area (TPSA) is 26.3 Å². The van der Waals surface area contributed by atoms with Crippen LogP contribution in [-0.2, 0) is 9.53 Å². The van der Waals surface area contributed by atoms with Crippen LogP contribution in [-0.4, -0.2) is 42.7 Å². The highest BCUT2D eigenvalue weighted by Crippen LogP contribution is 2.36. The van der Waals surface area contributed by atoms with E-state index >= 15 is 0 Å². The number of rotatable bonds is 8. The van der Waals surface area contributed by atoms with Crippen molar-refractivity contribution in [1.82, 2.24) is 0 Å². The van der Waals surface area contributed by atoms with Gasteiger partial charge in [-0.1, -0.05) is 32.6 Å². The fourth-order valence-electron chi connectivity index (χ4n) is 4.11. The summed E-state index contributed by atoms with van der Waals surface area (Å²) in [6.07, 6.45) is 10.9. The van der Waals surface area contributed by atoms with Crippen molar-refractivity contribution in [3.05, 3.63) is 0 Å². The van der Waals surface area contributed by atoms with Gasteiger partial charge in [-0.2, -0.15) is 0 Å². The molecule has 0 saturated carbocycles. The van der Waals surface area contributed by atoms with E-state index in [1.807, 2.05) is 0 Å². The molecule has 0 aromatic carbocycles. The van der Waals surface area contributed by atoms with E-state index in [2.05, 4.69) is 6.92 Å². The van der Waals surface area contributed by atoms with Gasteiger partial charge >= 0.3 is 5.97 Å². The lowest BCUT2D eigenvalue weighted by Crippen LogP contribution is -2.64. The second-order valence-corrected chi connectivity index (χ2v) is 6.95. The van der Waals surface area contributed by atoms with Gasteiger partial charge in [-0.3, -0.25) is 4.79 Å². The number of carbonyl (C=O) groups excluding carboxylic acids is 1. The summed E-state index contributed by atoms with van der Waals surface area (Å²) in [4.78, 5) is 11.2. The van der Waals surface area contributed by atoms with E-state index in [4.69, 9.17) is 4.74 Å². The normalized spacial score (nSPS) is 32.3. The number of fused-ring (bicyclic) bond motifs is 3. The van der Waals surface area contributed by atoms with Crippen LogP contribution in [0.5, 0.6) is 0 Å². The van der Waals surface area contributed by atoms with E-state index in [0.717, 1.165) is 6.54 Å². The number of nitrogens with zero attached hydrogens (tertiary/aromatic N) is 1. The van der Waals surface area contributed by atoms with Crippen LogP contribution in [0.2, 0.25) is 0 Å². The smallest absolute Gasteiger partial charge is 0.303 e. The van der Waals surface area contributed by atoms with Gasteiger partial charge in [0.2, 0.25) is 0 Å². The van der Waals surface area contributed by atoms with E-state index in [-0.39, 0.29) is 12.1 Å². The third-order valence-corrected chi connectivity index (χ3v) is 5.34. The molecule has 2 bridgehead atoms. The lowest BCUT2D eigenvalue weighted by molar-refractivity contribution is -0.946. The number of piperidine rings is 3. The van der Waals surface area contributed by atoms with Crippen LogP contribution >= 0.6 is 0 Å². The largest absolute Gasteiger partial charge is 0.456 e. The van der Waals surface area contributed by atoms with Gasteiger partial charge in [-0.05, 0) is 12.8 Å². The minimum Gasteiger partial charge on any atom is -0.456 e. The summed E-state index contributed by atoms with van der Waals surface area (Å²) >= 11 is 0. The first-order chi connectivity index (χ1) is 9.65. The van der Waals surface area contributed by atoms with Gasteiger partial charge in [0.15, 0.2) is 6.10 Å². The van der Waals surface area contributed by atoms with Crippen molar-refractivity contribution in [2.45, 2.75) is 71.3 Å². The second-order valence-electron chi connectivity index (χ2n) is 6.95. The van der Waals surface area contributed by atoms with Crippen molar-refractivity contribution in [1.29, 1.82) is 0 Å². The molecule has 0 aromatic rings. The number of carbonyl (C=O) groups is 1. The molecule has 3 aliphatic heterocycles. The molecule has 3 rings (SSSR count). The Hall–Kier alpha value is -0.570. The first-order valence-electron chi connectivity index (χ1n) is 8.67. The quantitative estimate of drug-likeness (QED) is 0.387. The summed E-state index contributed by atoms with van der Waals surface area (Å²) in [5.74, 6) is 0.546. The highest BCUT2D eigenvalue weighted by molar-refractivity contribution is 5.66. The summed E-state index contributed by atoms with van der Waals surface area (Å²) in [6.45, 7) is 8.84. The van der Waals surface area contributed by atoms with Crippen molar-refractivity contribution in [2.75, 3.05) is 26.2 Å². The fraction of sp³-hybridized carbons (Fsp3) is 0.941. The molecule has 20 heavy (non-hydrogen) atoms. The minimum absolute atomic E-state index is 0.0959. The Labute approximate surface area is 124 Å². The Balaban J connectivity index is 1.73. The van der Waals surface area contributed by atoms with E-state index in [1.165, 1.54) is 75.5 Å². The second kappa shape index (κ2) is 7.44. The molecular formula is C17H32NO2+. The summed E-state index contributed by atoms with van der Waals surface area (Å²) in [5, 5.41) is 0. The molecule has 0 amide bonds. The SMILES string of the molecule is CCCCCCCC[N+]12CCC(CC1)[C@@H](OC(C)=O)C2. The maximum atomic E-state index is 11.2. The van der Waals surface area contributed by atoms with Crippen LogP contribution in [0.15, 0.2) is 0 Å². The number of ether oxygens (including phenoxy) is 1. The average molecular weight is 282 g/mol. The molecule has 0 N–H and O–H groups in total. The summed E-state index contributed by atoms with van der Waals surface area (Å²) in [6, 6.07) is 0. The zero-order valence-corrected chi connectivity index (χ0v) is 13.4. The third kappa shape index (κ3) is 4.21. The number of unbranched alkanes of at least 4 members (excludes halogenated alkanes) is 5. The molecule has 3 heterocycles. The van der Waals surface area contributed by atoms with Crippen LogP contribution in [0.3, 0.4) is 0 Å². The minimum atomic E-state index is -0.0959. The fourth-order valence-corrected chi connectivity index (χ4v) is 4.11. The highest BCUT2D eigenvalue weighted by atomic mass is 16.5. The van der Waals surface area contributed by atoms with Gasteiger partial charge in [-0.25, -0.2) is 0 Å². The van der Waals surface area contributed by atoms with Gasteiger partial charge in [0.05, 0.1) is 19.6 Å². The van der Waals surface area contributed by atoms with Crippen LogP contribution in [0, 0.1) is 5.92 Å². The first-order valence-corrected chi connectivity index (χ1v) is 8.67. The van der Waals surface area contributed by atoms with Crippen LogP contribution in [0.4, 0.5) is 0 Å². The van der Waals surface area contributed by atoms with E-state index < -0.39 is 0 Å². The van der Waals surface area contributed by atoms with Crippen molar-refractivity contribution in [3.63, 3.8) is 0 Å². The zero-order valence-electron chi connectivity index (χ0n) is 13.4. The molecule has 3 saturated heterocycles. The van der Waals surface area contributed by atoms with Crippen LogP contribution < -0.4 is 0 Å². The van der Waals surface area contributed by atoms with E-state index in [1.54, 1.807) is 6.92 Å². The number of hydrogen-bond donors (Lipinski definition) is 0. The summed E-state index contributed by atoms with van der Waals surface area (Å²) in [7, 11) is 0. The summed E-state index contributed by atoms with van der Waals surface area (Å²) in [5.41, 5.74) is 0. The Bertz CT molecular complexity index is 308. The lowest BCUT2D eigenvalue weighted by atomic mass is 9.83. The molecule has 3 fully saturated rings. The zero-order chi connectivity index (χ0) is 14.4. The van der Waals surface area contributed by atoms with Crippen molar-refractivity contribution < 1.29 is 14.0 Å². The molecule has 3 aliphatic rings. The average Bonchev–Trinajstić information content (AvgIpc) is 2.43.